The van der Waals surface area contributed by atoms with E-state index in [-0.39, 0.29) is 12.4 Å². The highest BCUT2D eigenvalue weighted by atomic mass is 19.4. The fourth-order valence-corrected chi connectivity index (χ4v) is 1.97. The number of hydrogen-bond acceptors (Lipinski definition) is 3. The van der Waals surface area contributed by atoms with Crippen LogP contribution in [0.4, 0.5) is 13.2 Å². The Bertz CT molecular complexity index is 459. The van der Waals surface area contributed by atoms with Crippen molar-refractivity contribution in [3.05, 3.63) is 29.3 Å². The van der Waals surface area contributed by atoms with Gasteiger partial charge in [0.15, 0.2) is 0 Å². The van der Waals surface area contributed by atoms with Crippen LogP contribution < -0.4 is 10.1 Å². The van der Waals surface area contributed by atoms with Crippen LogP contribution in [-0.4, -0.2) is 26.4 Å². The third-order valence-electron chi connectivity index (χ3n) is 3.27. The molecule has 1 aromatic rings. The van der Waals surface area contributed by atoms with Crippen LogP contribution in [0, 0.1) is 0 Å². The van der Waals surface area contributed by atoms with Crippen molar-refractivity contribution in [2.45, 2.75) is 38.0 Å². The normalized spacial score (nSPS) is 15.2. The molecule has 6 heteroatoms. The molecule has 1 aliphatic rings. The van der Waals surface area contributed by atoms with Gasteiger partial charge < -0.3 is 14.8 Å². The van der Waals surface area contributed by atoms with E-state index in [1.807, 2.05) is 0 Å². The molecule has 0 aliphatic heterocycles. The largest absolute Gasteiger partial charge is 0.493 e. The Morgan fingerprint density at radius 1 is 1.24 bits per heavy atom. The summed E-state index contributed by atoms with van der Waals surface area (Å²) in [6.45, 7) is 1.12. The van der Waals surface area contributed by atoms with Gasteiger partial charge in [0.1, 0.15) is 5.75 Å². The lowest BCUT2D eigenvalue weighted by molar-refractivity contribution is -0.139. The van der Waals surface area contributed by atoms with E-state index >= 15 is 0 Å². The summed E-state index contributed by atoms with van der Waals surface area (Å²) in [7, 11) is 1.54. The summed E-state index contributed by atoms with van der Waals surface area (Å²) in [6.07, 6.45) is -1.65. The maximum Gasteiger partial charge on any atom is 0.419 e. The first-order valence-electron chi connectivity index (χ1n) is 7.06. The number of hydrogen-bond donors (Lipinski definition) is 1. The van der Waals surface area contributed by atoms with E-state index in [4.69, 9.17) is 9.47 Å². The standard InChI is InChI=1S/C15H20F3NO2/c1-20-7-2-8-21-14-6-3-11(10-19-12-4-5-12)9-13(14)15(16,17)18/h3,6,9,12,19H,2,4-5,7-8,10H2,1H3. The second kappa shape index (κ2) is 7.13. The van der Waals surface area contributed by atoms with Gasteiger partial charge >= 0.3 is 6.18 Å². The van der Waals surface area contributed by atoms with Crippen molar-refractivity contribution in [2.24, 2.45) is 0 Å². The van der Waals surface area contributed by atoms with Gasteiger partial charge in [-0.2, -0.15) is 13.2 Å². The quantitative estimate of drug-likeness (QED) is 0.747. The Hall–Kier alpha value is -1.27. The van der Waals surface area contributed by atoms with Crippen molar-refractivity contribution in [3.8, 4) is 5.75 Å². The molecule has 0 radical (unpaired) electrons. The van der Waals surface area contributed by atoms with E-state index in [2.05, 4.69) is 5.32 Å². The molecule has 0 unspecified atom stereocenters. The molecule has 1 fully saturated rings. The summed E-state index contributed by atoms with van der Waals surface area (Å²) in [5.74, 6) is -0.117. The lowest BCUT2D eigenvalue weighted by Gasteiger charge is -2.15. The topological polar surface area (TPSA) is 30.5 Å². The summed E-state index contributed by atoms with van der Waals surface area (Å²) in [4.78, 5) is 0. The molecule has 1 aliphatic carbocycles. The molecule has 21 heavy (non-hydrogen) atoms. The van der Waals surface area contributed by atoms with Gasteiger partial charge in [-0.3, -0.25) is 0 Å². The molecule has 0 heterocycles. The van der Waals surface area contributed by atoms with Gasteiger partial charge in [0.2, 0.25) is 0 Å². The molecule has 0 atom stereocenters. The van der Waals surface area contributed by atoms with Crippen molar-refractivity contribution in [1.29, 1.82) is 0 Å². The fraction of sp³-hybridized carbons (Fsp3) is 0.600. The van der Waals surface area contributed by atoms with Crippen molar-refractivity contribution in [3.63, 3.8) is 0 Å². The van der Waals surface area contributed by atoms with E-state index in [1.165, 1.54) is 12.1 Å². The first-order valence-corrected chi connectivity index (χ1v) is 7.06. The Labute approximate surface area is 122 Å². The summed E-state index contributed by atoms with van der Waals surface area (Å²) in [5, 5.41) is 3.21. The number of alkyl halides is 3. The van der Waals surface area contributed by atoms with Gasteiger partial charge in [0.25, 0.3) is 0 Å². The maximum absolute atomic E-state index is 13.1. The van der Waals surface area contributed by atoms with Crippen molar-refractivity contribution in [2.75, 3.05) is 20.3 Å². The highest BCUT2D eigenvalue weighted by Crippen LogP contribution is 2.37. The molecule has 0 amide bonds. The predicted molar refractivity (Wildman–Crippen MR) is 73.3 cm³/mol. The second-order valence-electron chi connectivity index (χ2n) is 5.18. The minimum Gasteiger partial charge on any atom is -0.493 e. The van der Waals surface area contributed by atoms with Crippen LogP contribution in [0.3, 0.4) is 0 Å². The number of methoxy groups -OCH3 is 1. The van der Waals surface area contributed by atoms with Crippen LogP contribution in [0.25, 0.3) is 0 Å². The third-order valence-corrected chi connectivity index (χ3v) is 3.27. The highest BCUT2D eigenvalue weighted by Gasteiger charge is 2.34. The number of ether oxygens (including phenoxy) is 2. The molecule has 3 nitrogen and oxygen atoms in total. The molecule has 0 saturated heterocycles. The Morgan fingerprint density at radius 3 is 2.62 bits per heavy atom. The SMILES string of the molecule is COCCCOc1ccc(CNC2CC2)cc1C(F)(F)F. The average molecular weight is 303 g/mol. The van der Waals surface area contributed by atoms with Gasteiger partial charge in [-0.15, -0.1) is 0 Å². The summed E-state index contributed by atoms with van der Waals surface area (Å²) in [6, 6.07) is 4.71. The first kappa shape index (κ1) is 16.1. The fourth-order valence-electron chi connectivity index (χ4n) is 1.97. The highest BCUT2D eigenvalue weighted by molar-refractivity contribution is 5.39. The zero-order valence-electron chi connectivity index (χ0n) is 12.0. The van der Waals surface area contributed by atoms with Crippen LogP contribution >= 0.6 is 0 Å². The molecule has 1 N–H and O–H groups in total. The molecule has 2 rings (SSSR count). The van der Waals surface area contributed by atoms with Crippen LogP contribution in [-0.2, 0) is 17.5 Å². The Morgan fingerprint density at radius 2 is 2.00 bits per heavy atom. The summed E-state index contributed by atoms with van der Waals surface area (Å²) >= 11 is 0. The predicted octanol–water partition coefficient (Wildman–Crippen LogP) is 3.37. The Balaban J connectivity index is 2.03. The number of benzene rings is 1. The lowest BCUT2D eigenvalue weighted by Crippen LogP contribution is -2.16. The smallest absolute Gasteiger partial charge is 0.419 e. The van der Waals surface area contributed by atoms with Gasteiger partial charge in [0, 0.05) is 32.7 Å². The molecule has 1 aromatic carbocycles. The monoisotopic (exact) mass is 303 g/mol. The van der Waals surface area contributed by atoms with E-state index in [0.717, 1.165) is 12.8 Å². The van der Waals surface area contributed by atoms with Gasteiger partial charge in [-0.1, -0.05) is 6.07 Å². The van der Waals surface area contributed by atoms with E-state index in [9.17, 15) is 13.2 Å². The van der Waals surface area contributed by atoms with E-state index in [1.54, 1.807) is 13.2 Å². The van der Waals surface area contributed by atoms with Gasteiger partial charge in [-0.25, -0.2) is 0 Å². The molecular weight excluding hydrogens is 283 g/mol. The molecular formula is C15H20F3NO2. The molecule has 0 spiro atoms. The number of halogens is 3. The van der Waals surface area contributed by atoms with Crippen LogP contribution in [0.5, 0.6) is 5.75 Å². The summed E-state index contributed by atoms with van der Waals surface area (Å²) < 4.78 is 49.4. The minimum atomic E-state index is -4.41. The number of rotatable bonds is 8. The molecule has 0 aromatic heterocycles. The first-order chi connectivity index (χ1) is 10.0. The van der Waals surface area contributed by atoms with Crippen LogP contribution in [0.15, 0.2) is 18.2 Å². The molecule has 0 bridgehead atoms. The van der Waals surface area contributed by atoms with Gasteiger partial charge in [-0.05, 0) is 30.5 Å². The van der Waals surface area contributed by atoms with Crippen molar-refractivity contribution >= 4 is 0 Å². The lowest BCUT2D eigenvalue weighted by atomic mass is 10.1. The molecule has 118 valence electrons. The second-order valence-corrected chi connectivity index (χ2v) is 5.18. The zero-order valence-corrected chi connectivity index (χ0v) is 12.0. The zero-order chi connectivity index (χ0) is 15.3. The minimum absolute atomic E-state index is 0.117. The van der Waals surface area contributed by atoms with Crippen LogP contribution in [0.1, 0.15) is 30.4 Å². The summed E-state index contributed by atoms with van der Waals surface area (Å²) in [5.41, 5.74) is -0.0894. The average Bonchev–Trinajstić information content (AvgIpc) is 3.25. The maximum atomic E-state index is 13.1. The van der Waals surface area contributed by atoms with Crippen LogP contribution in [0.2, 0.25) is 0 Å². The number of nitrogens with one attached hydrogen (secondary N) is 1. The van der Waals surface area contributed by atoms with Crippen molar-refractivity contribution in [1.82, 2.24) is 5.32 Å². The molecule has 1 saturated carbocycles. The van der Waals surface area contributed by atoms with Gasteiger partial charge in [0.05, 0.1) is 12.2 Å². The van der Waals surface area contributed by atoms with Crippen molar-refractivity contribution < 1.29 is 22.6 Å². The van der Waals surface area contributed by atoms with E-state index in [0.29, 0.717) is 31.2 Å². The third kappa shape index (κ3) is 5.21. The van der Waals surface area contributed by atoms with E-state index < -0.39 is 11.7 Å². The Kier molecular flexibility index (Phi) is 5.47.